The number of amides is 1. The minimum atomic E-state index is -0.203. The maximum atomic E-state index is 11.7. The van der Waals surface area contributed by atoms with Crippen molar-refractivity contribution < 1.29 is 14.3 Å². The van der Waals surface area contributed by atoms with Crippen LogP contribution in [0.3, 0.4) is 0 Å². The fourth-order valence-electron chi connectivity index (χ4n) is 2.87. The molecule has 0 aliphatic heterocycles. The summed E-state index contributed by atoms with van der Waals surface area (Å²) in [6.07, 6.45) is 3.56. The molecule has 0 saturated carbocycles. The van der Waals surface area contributed by atoms with Gasteiger partial charge >= 0.3 is 0 Å². The maximum absolute atomic E-state index is 11.7. The lowest BCUT2D eigenvalue weighted by Crippen LogP contribution is -2.26. The number of nitrogens with zero attached hydrogens (tertiary/aromatic N) is 2. The molecule has 1 N–H and O–H groups in total. The molecule has 188 valence electrons. The number of carbonyl (C=O) groups excluding carboxylic acids is 1. The van der Waals surface area contributed by atoms with Crippen molar-refractivity contribution in [2.75, 3.05) is 13.0 Å². The second-order valence-electron chi connectivity index (χ2n) is 8.08. The summed E-state index contributed by atoms with van der Waals surface area (Å²) < 4.78 is 12.2. The predicted octanol–water partition coefficient (Wildman–Crippen LogP) is 6.48. The van der Waals surface area contributed by atoms with E-state index in [9.17, 15) is 4.79 Å². The van der Waals surface area contributed by atoms with Gasteiger partial charge in [-0.25, -0.2) is 4.99 Å². The Morgan fingerprint density at radius 1 is 1.03 bits per heavy atom. The summed E-state index contributed by atoms with van der Waals surface area (Å²) in [5.74, 6) is 1.55. The van der Waals surface area contributed by atoms with E-state index in [1.54, 1.807) is 43.1 Å². The van der Waals surface area contributed by atoms with Crippen molar-refractivity contribution in [1.82, 2.24) is 5.32 Å². The average Bonchev–Trinajstić information content (AvgIpc) is 2.89. The highest BCUT2D eigenvalue weighted by Gasteiger charge is 2.16. The van der Waals surface area contributed by atoms with E-state index in [1.807, 2.05) is 50.4 Å². The molecule has 1 amide bonds. The van der Waals surface area contributed by atoms with Gasteiger partial charge < -0.3 is 14.8 Å². The number of benzene rings is 2. The summed E-state index contributed by atoms with van der Waals surface area (Å²) in [5, 5.41) is 3.64. The summed E-state index contributed by atoms with van der Waals surface area (Å²) in [5.41, 5.74) is 2.75. The molecular formula is C28H37N3O3S. The van der Waals surface area contributed by atoms with Crippen molar-refractivity contribution >= 4 is 28.6 Å². The Bertz CT molecular complexity index is 1020. The van der Waals surface area contributed by atoms with Crippen molar-refractivity contribution in [2.24, 2.45) is 9.98 Å². The van der Waals surface area contributed by atoms with Crippen LogP contribution >= 0.6 is 11.8 Å². The van der Waals surface area contributed by atoms with Crippen LogP contribution in [0.2, 0.25) is 0 Å². The van der Waals surface area contributed by atoms with E-state index in [0.717, 1.165) is 23.4 Å². The molecular weight excluding hydrogens is 458 g/mol. The molecule has 0 radical (unpaired) electrons. The molecule has 2 rings (SSSR count). The van der Waals surface area contributed by atoms with E-state index < -0.39 is 0 Å². The number of aliphatic imine (C=N–C) groups is 2. The molecule has 35 heavy (non-hydrogen) atoms. The highest BCUT2D eigenvalue weighted by Crippen LogP contribution is 2.18. The molecule has 2 atom stereocenters. The third-order valence-corrected chi connectivity index (χ3v) is 6.36. The first-order chi connectivity index (χ1) is 16.9. The van der Waals surface area contributed by atoms with Gasteiger partial charge in [0.1, 0.15) is 17.8 Å². The zero-order valence-corrected chi connectivity index (χ0v) is 22.4. The number of rotatable bonds is 11. The monoisotopic (exact) mass is 495 g/mol. The Balaban J connectivity index is 2.09. The topological polar surface area (TPSA) is 72.3 Å². The number of allylic oxidation sites excluding steroid dienone is 1. The molecule has 6 nitrogen and oxygen atoms in total. The van der Waals surface area contributed by atoms with E-state index in [2.05, 4.69) is 31.1 Å². The number of thioether (sulfide) groups is 1. The first-order valence-electron chi connectivity index (χ1n) is 12.0. The van der Waals surface area contributed by atoms with Gasteiger partial charge in [0.25, 0.3) is 5.91 Å². The van der Waals surface area contributed by atoms with E-state index in [-0.39, 0.29) is 18.1 Å². The second-order valence-corrected chi connectivity index (χ2v) is 9.07. The van der Waals surface area contributed by atoms with Crippen LogP contribution in [0.15, 0.2) is 76.4 Å². The van der Waals surface area contributed by atoms with Gasteiger partial charge in [0.05, 0.1) is 11.1 Å². The Labute approximate surface area is 213 Å². The average molecular weight is 496 g/mol. The molecule has 0 aliphatic carbocycles. The van der Waals surface area contributed by atoms with E-state index in [1.165, 1.54) is 5.57 Å². The van der Waals surface area contributed by atoms with Crippen LogP contribution < -0.4 is 10.1 Å². The summed E-state index contributed by atoms with van der Waals surface area (Å²) in [4.78, 5) is 21.2. The van der Waals surface area contributed by atoms with Gasteiger partial charge in [-0.1, -0.05) is 49.4 Å². The summed E-state index contributed by atoms with van der Waals surface area (Å²) in [6.45, 7) is 10.3. The molecule has 0 heterocycles. The van der Waals surface area contributed by atoms with E-state index in [4.69, 9.17) is 14.5 Å². The van der Waals surface area contributed by atoms with Gasteiger partial charge in [-0.3, -0.25) is 9.79 Å². The molecule has 7 heteroatoms. The minimum absolute atomic E-state index is 0.127. The lowest BCUT2D eigenvalue weighted by Gasteiger charge is -2.20. The maximum Gasteiger partial charge on any atom is 0.251 e. The van der Waals surface area contributed by atoms with Crippen molar-refractivity contribution in [3.8, 4) is 5.75 Å². The van der Waals surface area contributed by atoms with Crippen LogP contribution in [-0.2, 0) is 4.74 Å². The number of nitrogens with one attached hydrogen (secondary N) is 1. The quantitative estimate of drug-likeness (QED) is 0.220. The van der Waals surface area contributed by atoms with Gasteiger partial charge in [-0.2, -0.15) is 0 Å². The van der Waals surface area contributed by atoms with Gasteiger partial charge in [-0.05, 0) is 70.0 Å². The first kappa shape index (κ1) is 28.2. The first-order valence-corrected chi connectivity index (χ1v) is 13.0. The van der Waals surface area contributed by atoms with E-state index >= 15 is 0 Å². The molecule has 0 aliphatic rings. The molecule has 0 spiro atoms. The highest BCUT2D eigenvalue weighted by molar-refractivity contribution is 8.13. The fraction of sp³-hybridized carbons (Fsp3) is 0.393. The molecule has 0 fully saturated rings. The molecule has 2 aromatic rings. The van der Waals surface area contributed by atoms with Crippen LogP contribution in [-0.4, -0.2) is 42.0 Å². The largest absolute Gasteiger partial charge is 0.489 e. The predicted molar refractivity (Wildman–Crippen MR) is 148 cm³/mol. The molecule has 0 saturated heterocycles. The Morgan fingerprint density at radius 3 is 2.31 bits per heavy atom. The molecule has 0 bridgehead atoms. The van der Waals surface area contributed by atoms with Crippen molar-refractivity contribution in [1.29, 1.82) is 0 Å². The number of carbonyl (C=O) groups is 1. The Hall–Kier alpha value is -3.06. The van der Waals surface area contributed by atoms with Crippen LogP contribution in [0.25, 0.3) is 0 Å². The summed E-state index contributed by atoms with van der Waals surface area (Å²) >= 11 is 1.58. The lowest BCUT2D eigenvalue weighted by molar-refractivity contribution is 0.0963. The number of hydrogen-bond acceptors (Lipinski definition) is 6. The normalized spacial score (nSPS) is 14.3. The van der Waals surface area contributed by atoms with Gasteiger partial charge in [0.15, 0.2) is 0 Å². The van der Waals surface area contributed by atoms with E-state index in [0.29, 0.717) is 23.1 Å². The zero-order valence-electron chi connectivity index (χ0n) is 21.6. The number of hydrogen-bond donors (Lipinski definition) is 1. The fourth-order valence-corrected chi connectivity index (χ4v) is 3.50. The van der Waals surface area contributed by atoms with Crippen molar-refractivity contribution in [3.63, 3.8) is 0 Å². The van der Waals surface area contributed by atoms with Crippen LogP contribution in [0.1, 0.15) is 63.4 Å². The third kappa shape index (κ3) is 9.61. The molecule has 2 unspecified atom stereocenters. The molecule has 0 aromatic heterocycles. The molecule has 2 aromatic carbocycles. The van der Waals surface area contributed by atoms with Crippen LogP contribution in [0, 0.1) is 0 Å². The van der Waals surface area contributed by atoms with Crippen LogP contribution in [0.4, 0.5) is 0 Å². The minimum Gasteiger partial charge on any atom is -0.489 e. The summed E-state index contributed by atoms with van der Waals surface area (Å²) in [6, 6.07) is 16.8. The van der Waals surface area contributed by atoms with Crippen molar-refractivity contribution in [2.45, 2.75) is 59.6 Å². The van der Waals surface area contributed by atoms with Gasteiger partial charge in [-0.15, -0.1) is 0 Å². The lowest BCUT2D eigenvalue weighted by atomic mass is 10.2. The smallest absolute Gasteiger partial charge is 0.251 e. The Morgan fingerprint density at radius 2 is 1.71 bits per heavy atom. The van der Waals surface area contributed by atoms with Crippen molar-refractivity contribution in [3.05, 3.63) is 77.5 Å². The third-order valence-electron chi connectivity index (χ3n) is 5.40. The second kappa shape index (κ2) is 15.0. The highest BCUT2D eigenvalue weighted by atomic mass is 32.2. The van der Waals surface area contributed by atoms with Gasteiger partial charge in [0, 0.05) is 24.4 Å². The standard InChI is InChI=1S/C28H37N3O3S/c1-7-20(3)18-30-26(8-2)35-19-33-28(24-12-10-9-11-13-24)31-21(4)22(5)34-25-16-14-23(15-17-25)27(32)29-6/h9-18,21-22H,7-8,19H2,1-6H3,(H,29,32)/b20-18+,30-26+,31-28-. The van der Waals surface area contributed by atoms with Crippen LogP contribution in [0.5, 0.6) is 5.75 Å². The zero-order chi connectivity index (χ0) is 25.6. The number of ether oxygens (including phenoxy) is 2. The summed E-state index contributed by atoms with van der Waals surface area (Å²) in [7, 11) is 1.61. The SMILES string of the molecule is CC/C(C)=C/N=C(\CC)SCO/C(=N\C(C)C(C)Oc1ccc(C(=O)NC)cc1)c1ccccc1. The Kier molecular flexibility index (Phi) is 12.1. The van der Waals surface area contributed by atoms with Gasteiger partial charge in [0.2, 0.25) is 5.90 Å².